The molecule has 1 fully saturated rings. The van der Waals surface area contributed by atoms with Crippen molar-refractivity contribution in [2.24, 2.45) is 0 Å². The fourth-order valence-electron chi connectivity index (χ4n) is 2.74. The molecule has 0 bridgehead atoms. The summed E-state index contributed by atoms with van der Waals surface area (Å²) in [5.41, 5.74) is 1.88. The average Bonchev–Trinajstić information content (AvgIpc) is 2.55. The topological polar surface area (TPSA) is 73.2 Å². The quantitative estimate of drug-likeness (QED) is 0.928. The predicted octanol–water partition coefficient (Wildman–Crippen LogP) is 2.44. The Morgan fingerprint density at radius 3 is 2.39 bits per heavy atom. The van der Waals surface area contributed by atoms with Crippen molar-refractivity contribution in [2.75, 3.05) is 13.1 Å². The highest BCUT2D eigenvalue weighted by atomic mass is 16.2. The van der Waals surface area contributed by atoms with Gasteiger partial charge in [-0.05, 0) is 36.5 Å². The van der Waals surface area contributed by atoms with Gasteiger partial charge in [-0.15, -0.1) is 0 Å². The number of likely N-dealkylation sites (tertiary alicyclic amines) is 1. The summed E-state index contributed by atoms with van der Waals surface area (Å²) in [6.07, 6.45) is 1.39. The van der Waals surface area contributed by atoms with Crippen LogP contribution in [0.2, 0.25) is 0 Å². The van der Waals surface area contributed by atoms with Crippen molar-refractivity contribution in [2.45, 2.75) is 45.1 Å². The number of amides is 2. The number of piperidine rings is 1. The van der Waals surface area contributed by atoms with Crippen LogP contribution in [0, 0.1) is 11.3 Å². The zero-order valence-electron chi connectivity index (χ0n) is 13.7. The summed E-state index contributed by atoms with van der Waals surface area (Å²) in [6, 6.07) is 9.66. The molecule has 1 aromatic rings. The van der Waals surface area contributed by atoms with Crippen molar-refractivity contribution in [1.82, 2.24) is 10.2 Å². The monoisotopic (exact) mass is 313 g/mol. The van der Waals surface area contributed by atoms with Crippen molar-refractivity contribution >= 4 is 11.8 Å². The summed E-state index contributed by atoms with van der Waals surface area (Å²) in [5, 5.41) is 11.6. The van der Waals surface area contributed by atoms with Gasteiger partial charge >= 0.3 is 0 Å². The molecule has 0 aliphatic carbocycles. The molecule has 1 N–H and O–H groups in total. The molecule has 0 saturated carbocycles. The van der Waals surface area contributed by atoms with Gasteiger partial charge in [0, 0.05) is 24.7 Å². The van der Waals surface area contributed by atoms with E-state index in [1.165, 1.54) is 5.56 Å². The van der Waals surface area contributed by atoms with Crippen LogP contribution in [0.4, 0.5) is 0 Å². The number of nitrogens with one attached hydrogen (secondary N) is 1. The van der Waals surface area contributed by atoms with E-state index in [9.17, 15) is 9.59 Å². The molecule has 0 aromatic heterocycles. The second kappa shape index (κ2) is 7.77. The Morgan fingerprint density at radius 2 is 1.87 bits per heavy atom. The first-order chi connectivity index (χ1) is 11.0. The van der Waals surface area contributed by atoms with Crippen molar-refractivity contribution in [1.29, 1.82) is 5.26 Å². The Hall–Kier alpha value is -2.35. The van der Waals surface area contributed by atoms with Crippen LogP contribution in [0.3, 0.4) is 0 Å². The third-order valence-corrected chi connectivity index (χ3v) is 4.25. The van der Waals surface area contributed by atoms with Crippen molar-refractivity contribution in [3.63, 3.8) is 0 Å². The van der Waals surface area contributed by atoms with E-state index in [2.05, 4.69) is 19.2 Å². The molecule has 5 nitrogen and oxygen atoms in total. The van der Waals surface area contributed by atoms with Gasteiger partial charge in [0.1, 0.15) is 6.42 Å². The Kier molecular flexibility index (Phi) is 5.75. The maximum atomic E-state index is 12.3. The molecule has 1 aromatic carbocycles. The Morgan fingerprint density at radius 1 is 1.26 bits per heavy atom. The van der Waals surface area contributed by atoms with Crippen molar-refractivity contribution in [3.8, 4) is 6.07 Å². The molecule has 0 spiro atoms. The average molecular weight is 313 g/mol. The largest absolute Gasteiger partial charge is 0.349 e. The molecule has 1 heterocycles. The van der Waals surface area contributed by atoms with Gasteiger partial charge in [-0.2, -0.15) is 5.26 Å². The van der Waals surface area contributed by atoms with E-state index in [-0.39, 0.29) is 24.3 Å². The van der Waals surface area contributed by atoms with Crippen molar-refractivity contribution in [3.05, 3.63) is 35.4 Å². The minimum absolute atomic E-state index is 0.0675. The fourth-order valence-corrected chi connectivity index (χ4v) is 2.74. The van der Waals surface area contributed by atoms with E-state index < -0.39 is 0 Å². The molecule has 1 aliphatic rings. The second-order valence-electron chi connectivity index (χ2n) is 6.24. The van der Waals surface area contributed by atoms with E-state index in [1.807, 2.05) is 30.3 Å². The van der Waals surface area contributed by atoms with Gasteiger partial charge in [-0.25, -0.2) is 0 Å². The molecule has 2 rings (SSSR count). The third kappa shape index (κ3) is 4.56. The maximum absolute atomic E-state index is 12.3. The highest BCUT2D eigenvalue weighted by Gasteiger charge is 2.23. The first-order valence-corrected chi connectivity index (χ1v) is 8.06. The predicted molar refractivity (Wildman–Crippen MR) is 87.8 cm³/mol. The highest BCUT2D eigenvalue weighted by molar-refractivity contribution is 5.94. The summed E-state index contributed by atoms with van der Waals surface area (Å²) < 4.78 is 0. The molecule has 0 atom stereocenters. The lowest BCUT2D eigenvalue weighted by Crippen LogP contribution is -2.46. The van der Waals surface area contributed by atoms with Crippen LogP contribution in [-0.4, -0.2) is 35.8 Å². The number of benzene rings is 1. The maximum Gasteiger partial charge on any atom is 0.251 e. The van der Waals surface area contributed by atoms with Gasteiger partial charge < -0.3 is 10.2 Å². The third-order valence-electron chi connectivity index (χ3n) is 4.25. The molecule has 0 unspecified atom stereocenters. The molecule has 5 heteroatoms. The zero-order valence-corrected chi connectivity index (χ0v) is 13.7. The molecular formula is C18H23N3O2. The number of carbonyl (C=O) groups excluding carboxylic acids is 2. The number of nitriles is 1. The normalized spacial score (nSPS) is 15.3. The van der Waals surface area contributed by atoms with Crippen molar-refractivity contribution < 1.29 is 9.59 Å². The summed E-state index contributed by atoms with van der Waals surface area (Å²) >= 11 is 0. The molecular weight excluding hydrogens is 290 g/mol. The van der Waals surface area contributed by atoms with Crippen LogP contribution in [0.15, 0.2) is 24.3 Å². The lowest BCUT2D eigenvalue weighted by molar-refractivity contribution is -0.131. The van der Waals surface area contributed by atoms with Gasteiger partial charge in [0.25, 0.3) is 5.91 Å². The molecule has 23 heavy (non-hydrogen) atoms. The van der Waals surface area contributed by atoms with Crippen LogP contribution in [0.25, 0.3) is 0 Å². The molecule has 1 aliphatic heterocycles. The number of rotatable bonds is 4. The van der Waals surface area contributed by atoms with Crippen LogP contribution in [-0.2, 0) is 4.79 Å². The van der Waals surface area contributed by atoms with Gasteiger partial charge in [-0.1, -0.05) is 26.0 Å². The van der Waals surface area contributed by atoms with Gasteiger partial charge in [0.05, 0.1) is 6.07 Å². The Bertz CT molecular complexity index is 594. The van der Waals surface area contributed by atoms with E-state index in [0.717, 1.165) is 12.8 Å². The van der Waals surface area contributed by atoms with E-state index >= 15 is 0 Å². The SMILES string of the molecule is CC(C)c1ccc(C(=O)NC2CCN(C(=O)CC#N)CC2)cc1. The van der Waals surface area contributed by atoms with Crippen LogP contribution >= 0.6 is 0 Å². The van der Waals surface area contributed by atoms with E-state index in [4.69, 9.17) is 5.26 Å². The highest BCUT2D eigenvalue weighted by Crippen LogP contribution is 2.16. The molecule has 2 amide bonds. The van der Waals surface area contributed by atoms with Gasteiger partial charge in [-0.3, -0.25) is 9.59 Å². The first kappa shape index (κ1) is 17.0. The molecule has 122 valence electrons. The summed E-state index contributed by atoms with van der Waals surface area (Å²) in [6.45, 7) is 5.43. The summed E-state index contributed by atoms with van der Waals surface area (Å²) in [5.74, 6) is 0.256. The van der Waals surface area contributed by atoms with E-state index in [1.54, 1.807) is 4.90 Å². The second-order valence-corrected chi connectivity index (χ2v) is 6.24. The molecule has 1 saturated heterocycles. The lowest BCUT2D eigenvalue weighted by atomic mass is 10.0. The van der Waals surface area contributed by atoms with Crippen LogP contribution < -0.4 is 5.32 Å². The molecule has 0 radical (unpaired) electrons. The van der Waals surface area contributed by atoms with E-state index in [0.29, 0.717) is 24.6 Å². The summed E-state index contributed by atoms with van der Waals surface area (Å²) in [4.78, 5) is 25.6. The number of nitrogens with zero attached hydrogens (tertiary/aromatic N) is 2. The minimum Gasteiger partial charge on any atom is -0.349 e. The minimum atomic E-state index is -0.124. The van der Waals surface area contributed by atoms with Gasteiger partial charge in [0.15, 0.2) is 0 Å². The zero-order chi connectivity index (χ0) is 16.8. The standard InChI is InChI=1S/C18H23N3O2/c1-13(2)14-3-5-15(6-4-14)18(23)20-16-8-11-21(12-9-16)17(22)7-10-19/h3-6,13,16H,7-9,11-12H2,1-2H3,(H,20,23). The Balaban J connectivity index is 1.85. The smallest absolute Gasteiger partial charge is 0.251 e. The number of carbonyl (C=O) groups is 2. The van der Waals surface area contributed by atoms with Crippen LogP contribution in [0.5, 0.6) is 0 Å². The number of hydrogen-bond acceptors (Lipinski definition) is 3. The number of hydrogen-bond donors (Lipinski definition) is 1. The first-order valence-electron chi connectivity index (χ1n) is 8.06. The van der Waals surface area contributed by atoms with Crippen LogP contribution in [0.1, 0.15) is 54.9 Å². The van der Waals surface area contributed by atoms with Gasteiger partial charge in [0.2, 0.25) is 5.91 Å². The lowest BCUT2D eigenvalue weighted by Gasteiger charge is -2.32. The Labute approximate surface area is 137 Å². The fraction of sp³-hybridized carbons (Fsp3) is 0.500. The summed E-state index contributed by atoms with van der Waals surface area (Å²) in [7, 11) is 0.